The number of hydrogen-bond acceptors (Lipinski definition) is 4. The van der Waals surface area contributed by atoms with Crippen molar-refractivity contribution in [2.24, 2.45) is 5.92 Å². The Morgan fingerprint density at radius 2 is 2.04 bits per heavy atom. The van der Waals surface area contributed by atoms with Crippen LogP contribution in [0.2, 0.25) is 30.7 Å². The summed E-state index contributed by atoms with van der Waals surface area (Å²) >= 11 is 6.23. The van der Waals surface area contributed by atoms with Crippen LogP contribution in [0.1, 0.15) is 30.6 Å². The third-order valence-electron chi connectivity index (χ3n) is 4.04. The fourth-order valence-corrected chi connectivity index (χ4v) is 3.35. The lowest BCUT2D eigenvalue weighted by Crippen LogP contribution is -2.31. The first-order chi connectivity index (χ1) is 11.2. The predicted octanol–water partition coefficient (Wildman–Crippen LogP) is 5.02. The van der Waals surface area contributed by atoms with E-state index in [1.807, 2.05) is 13.8 Å². The average Bonchev–Trinajstić information content (AvgIpc) is 2.46. The summed E-state index contributed by atoms with van der Waals surface area (Å²) in [5.74, 6) is 1.37. The summed E-state index contributed by atoms with van der Waals surface area (Å²) in [7, 11) is -1.11. The lowest BCUT2D eigenvalue weighted by molar-refractivity contribution is 0.0217. The van der Waals surface area contributed by atoms with Gasteiger partial charge in [-0.25, -0.2) is 0 Å². The first-order valence-corrected chi connectivity index (χ1v) is 12.5. The second-order valence-electron chi connectivity index (χ2n) is 7.79. The van der Waals surface area contributed by atoms with Crippen LogP contribution in [-0.4, -0.2) is 33.4 Å². The third-order valence-corrected chi connectivity index (χ3v) is 6.04. The van der Waals surface area contributed by atoms with E-state index < -0.39 is 8.07 Å². The Morgan fingerprint density at radius 3 is 2.67 bits per heavy atom. The second-order valence-corrected chi connectivity index (χ2v) is 13.8. The molecule has 1 aromatic carbocycles. The first-order valence-electron chi connectivity index (χ1n) is 8.41. The molecule has 1 atom stereocenters. The van der Waals surface area contributed by atoms with E-state index in [9.17, 15) is 4.79 Å². The zero-order valence-corrected chi connectivity index (χ0v) is 16.9. The highest BCUT2D eigenvalue weighted by molar-refractivity contribution is 6.76. The van der Waals surface area contributed by atoms with Gasteiger partial charge in [-0.2, -0.15) is 0 Å². The molecule has 0 saturated carbocycles. The summed E-state index contributed by atoms with van der Waals surface area (Å²) in [6, 6.07) is 4.42. The summed E-state index contributed by atoms with van der Waals surface area (Å²) in [5, 5.41) is 0.405. The van der Waals surface area contributed by atoms with E-state index in [1.165, 1.54) is 0 Å². The average molecular weight is 371 g/mol. The molecule has 0 radical (unpaired) electrons. The highest BCUT2D eigenvalue weighted by Gasteiger charge is 2.29. The smallest absolute Gasteiger partial charge is 0.189 e. The quantitative estimate of drug-likeness (QED) is 0.384. The predicted molar refractivity (Wildman–Crippen MR) is 99.3 cm³/mol. The zero-order chi connectivity index (χ0) is 17.9. The van der Waals surface area contributed by atoms with Crippen molar-refractivity contribution in [3.63, 3.8) is 0 Å². The van der Waals surface area contributed by atoms with Crippen LogP contribution in [0.15, 0.2) is 12.1 Å². The first kappa shape index (κ1) is 19.3. The van der Waals surface area contributed by atoms with Crippen LogP contribution in [0.25, 0.3) is 0 Å². The number of ketones is 1. The molecule has 24 heavy (non-hydrogen) atoms. The van der Waals surface area contributed by atoms with Gasteiger partial charge in [-0.1, -0.05) is 45.1 Å². The van der Waals surface area contributed by atoms with E-state index in [0.717, 1.165) is 6.04 Å². The zero-order valence-electron chi connectivity index (χ0n) is 15.1. The Balaban J connectivity index is 2.00. The minimum absolute atomic E-state index is 0.0646. The fraction of sp³-hybridized carbons (Fsp3) is 0.611. The van der Waals surface area contributed by atoms with Crippen molar-refractivity contribution in [3.05, 3.63) is 22.7 Å². The minimum Gasteiger partial charge on any atom is -0.489 e. The van der Waals surface area contributed by atoms with Crippen LogP contribution < -0.4 is 9.47 Å². The lowest BCUT2D eigenvalue weighted by atomic mass is 9.94. The molecule has 1 aliphatic heterocycles. The maximum Gasteiger partial charge on any atom is 0.189 e. The standard InChI is InChI=1S/C18H27ClO4Si/c1-12(2)16-9-15(20)13-8-14(19)18(10-17(13)23-16)22-11-21-6-7-24(3,4)5/h8,10,12,16H,6-7,9,11H2,1-5H3. The lowest BCUT2D eigenvalue weighted by Gasteiger charge is -2.28. The number of Topliss-reactive ketones (excluding diaryl/α,β-unsaturated/α-hetero) is 1. The van der Waals surface area contributed by atoms with Gasteiger partial charge in [0.1, 0.15) is 17.6 Å². The van der Waals surface area contributed by atoms with Gasteiger partial charge in [0, 0.05) is 27.2 Å². The molecule has 0 bridgehead atoms. The molecule has 0 amide bonds. The number of benzene rings is 1. The second kappa shape index (κ2) is 7.89. The topological polar surface area (TPSA) is 44.8 Å². The maximum absolute atomic E-state index is 12.3. The highest BCUT2D eigenvalue weighted by Crippen LogP contribution is 2.37. The van der Waals surface area contributed by atoms with Gasteiger partial charge in [0.2, 0.25) is 0 Å². The summed E-state index contributed by atoms with van der Waals surface area (Å²) in [6.07, 6.45) is 0.285. The number of fused-ring (bicyclic) bond motifs is 1. The fourth-order valence-electron chi connectivity index (χ4n) is 2.37. The van der Waals surface area contributed by atoms with Crippen molar-refractivity contribution in [1.82, 2.24) is 0 Å². The van der Waals surface area contributed by atoms with Crippen molar-refractivity contribution in [2.75, 3.05) is 13.4 Å². The highest BCUT2D eigenvalue weighted by atomic mass is 35.5. The molecular formula is C18H27ClO4Si. The molecular weight excluding hydrogens is 344 g/mol. The number of halogens is 1. The molecule has 6 heteroatoms. The van der Waals surface area contributed by atoms with E-state index >= 15 is 0 Å². The molecule has 0 aromatic heterocycles. The molecule has 1 aromatic rings. The maximum atomic E-state index is 12.3. The van der Waals surface area contributed by atoms with Crippen LogP contribution in [0.4, 0.5) is 0 Å². The van der Waals surface area contributed by atoms with Crippen molar-refractivity contribution < 1.29 is 19.0 Å². The molecule has 1 heterocycles. The number of ether oxygens (including phenoxy) is 3. The Hall–Kier alpha value is -1.04. The van der Waals surface area contributed by atoms with E-state index in [0.29, 0.717) is 35.1 Å². The molecule has 0 fully saturated rings. The van der Waals surface area contributed by atoms with Gasteiger partial charge >= 0.3 is 0 Å². The molecule has 1 unspecified atom stereocenters. The molecule has 4 nitrogen and oxygen atoms in total. The van der Waals surface area contributed by atoms with Crippen LogP contribution in [-0.2, 0) is 4.74 Å². The summed E-state index contributed by atoms with van der Waals surface area (Å²) < 4.78 is 17.1. The summed E-state index contributed by atoms with van der Waals surface area (Å²) in [4.78, 5) is 12.3. The van der Waals surface area contributed by atoms with Gasteiger partial charge in [-0.15, -0.1) is 0 Å². The van der Waals surface area contributed by atoms with E-state index in [1.54, 1.807) is 12.1 Å². The van der Waals surface area contributed by atoms with Crippen molar-refractivity contribution in [2.45, 2.75) is 52.1 Å². The van der Waals surface area contributed by atoms with Crippen molar-refractivity contribution in [1.29, 1.82) is 0 Å². The Kier molecular flexibility index (Phi) is 6.34. The van der Waals surface area contributed by atoms with E-state index in [2.05, 4.69) is 19.6 Å². The molecule has 2 rings (SSSR count). The van der Waals surface area contributed by atoms with Gasteiger partial charge in [0.15, 0.2) is 12.6 Å². The molecule has 0 aliphatic carbocycles. The number of rotatable bonds is 7. The third kappa shape index (κ3) is 5.23. The summed E-state index contributed by atoms with van der Waals surface area (Å²) in [6.45, 7) is 11.8. The normalized spacial score (nSPS) is 17.6. The monoisotopic (exact) mass is 370 g/mol. The van der Waals surface area contributed by atoms with Crippen molar-refractivity contribution >= 4 is 25.5 Å². The van der Waals surface area contributed by atoms with E-state index in [4.69, 9.17) is 25.8 Å². The Bertz CT molecular complexity index is 595. The van der Waals surface area contributed by atoms with Crippen LogP contribution in [0.5, 0.6) is 11.5 Å². The summed E-state index contributed by atoms with van der Waals surface area (Å²) in [5.41, 5.74) is 0.531. The molecule has 0 saturated heterocycles. The van der Waals surface area contributed by atoms with Crippen LogP contribution in [0.3, 0.4) is 0 Å². The van der Waals surface area contributed by atoms with Gasteiger partial charge < -0.3 is 14.2 Å². The van der Waals surface area contributed by atoms with Gasteiger partial charge in [-0.3, -0.25) is 4.79 Å². The van der Waals surface area contributed by atoms with Gasteiger partial charge in [-0.05, 0) is 18.0 Å². The van der Waals surface area contributed by atoms with Gasteiger partial charge in [0.25, 0.3) is 0 Å². The Labute approximate surface area is 150 Å². The van der Waals surface area contributed by atoms with Crippen LogP contribution in [0, 0.1) is 5.92 Å². The number of carbonyl (C=O) groups excluding carboxylic acids is 1. The van der Waals surface area contributed by atoms with Crippen molar-refractivity contribution in [3.8, 4) is 11.5 Å². The molecule has 1 aliphatic rings. The SMILES string of the molecule is CC(C)C1CC(=O)c2cc(Cl)c(OCOCC[Si](C)(C)C)cc2O1. The van der Waals surface area contributed by atoms with Gasteiger partial charge in [0.05, 0.1) is 10.6 Å². The van der Waals surface area contributed by atoms with Crippen LogP contribution >= 0.6 is 11.6 Å². The minimum atomic E-state index is -1.11. The largest absolute Gasteiger partial charge is 0.489 e. The number of carbonyl (C=O) groups is 1. The Morgan fingerprint density at radius 1 is 1.33 bits per heavy atom. The molecule has 0 N–H and O–H groups in total. The molecule has 0 spiro atoms. The molecule has 134 valence electrons. The number of hydrogen-bond donors (Lipinski definition) is 0. The van der Waals surface area contributed by atoms with E-state index in [-0.39, 0.29) is 24.6 Å².